The zero-order valence-electron chi connectivity index (χ0n) is 12.6. The summed E-state index contributed by atoms with van der Waals surface area (Å²) in [5.41, 5.74) is 3.30. The van der Waals surface area contributed by atoms with Crippen molar-refractivity contribution in [1.29, 1.82) is 0 Å². The van der Waals surface area contributed by atoms with Crippen LogP contribution < -0.4 is 10.6 Å². The summed E-state index contributed by atoms with van der Waals surface area (Å²) in [7, 11) is 0. The van der Waals surface area contributed by atoms with E-state index in [0.29, 0.717) is 23.3 Å². The minimum Gasteiger partial charge on any atom is -0.360 e. The van der Waals surface area contributed by atoms with Crippen LogP contribution in [0, 0.1) is 20.8 Å². The molecular formula is C15H16N6O. The molecule has 2 heterocycles. The molecule has 0 unspecified atom stereocenters. The quantitative estimate of drug-likeness (QED) is 0.763. The van der Waals surface area contributed by atoms with Crippen LogP contribution in [-0.2, 0) is 0 Å². The van der Waals surface area contributed by atoms with Crippen LogP contribution in [0.15, 0.2) is 35.0 Å². The first-order valence-corrected chi connectivity index (χ1v) is 6.85. The van der Waals surface area contributed by atoms with E-state index in [2.05, 4.69) is 31.0 Å². The van der Waals surface area contributed by atoms with E-state index in [1.807, 2.05) is 39.0 Å². The fourth-order valence-electron chi connectivity index (χ4n) is 2.10. The molecule has 0 saturated carbocycles. The Hall–Kier alpha value is -2.96. The first-order valence-electron chi connectivity index (χ1n) is 6.85. The zero-order valence-corrected chi connectivity index (χ0v) is 12.6. The number of anilines is 4. The lowest BCUT2D eigenvalue weighted by Crippen LogP contribution is -2.04. The fraction of sp³-hybridized carbons (Fsp3) is 0.200. The Morgan fingerprint density at radius 2 is 1.77 bits per heavy atom. The van der Waals surface area contributed by atoms with E-state index < -0.39 is 0 Å². The smallest absolute Gasteiger partial charge is 0.250 e. The zero-order chi connectivity index (χ0) is 15.5. The molecule has 3 aromatic rings. The van der Waals surface area contributed by atoms with Gasteiger partial charge in [0.1, 0.15) is 5.76 Å². The number of aromatic nitrogens is 4. The number of nitrogens with zero attached hydrogens (tertiary/aromatic N) is 4. The Labute approximate surface area is 127 Å². The van der Waals surface area contributed by atoms with Crippen LogP contribution in [0.5, 0.6) is 0 Å². The minimum absolute atomic E-state index is 0.351. The van der Waals surface area contributed by atoms with E-state index in [4.69, 9.17) is 4.52 Å². The number of para-hydroxylation sites is 1. The van der Waals surface area contributed by atoms with E-state index in [0.717, 1.165) is 16.8 Å². The summed E-state index contributed by atoms with van der Waals surface area (Å²) in [5, 5.41) is 17.9. The van der Waals surface area contributed by atoms with Gasteiger partial charge in [-0.25, -0.2) is 0 Å². The van der Waals surface area contributed by atoms with Crippen LogP contribution in [0.1, 0.15) is 16.9 Å². The average molecular weight is 296 g/mol. The molecule has 0 radical (unpaired) electrons. The summed E-state index contributed by atoms with van der Waals surface area (Å²) in [6.45, 7) is 5.90. The maximum atomic E-state index is 4.99. The molecule has 0 atom stereocenters. The van der Waals surface area contributed by atoms with Gasteiger partial charge >= 0.3 is 0 Å². The molecular weight excluding hydrogens is 280 g/mol. The van der Waals surface area contributed by atoms with E-state index in [1.54, 1.807) is 12.3 Å². The van der Waals surface area contributed by atoms with Gasteiger partial charge in [-0.3, -0.25) is 0 Å². The summed E-state index contributed by atoms with van der Waals surface area (Å²) in [6.07, 6.45) is 1.57. The third-order valence-electron chi connectivity index (χ3n) is 3.16. The predicted molar refractivity (Wildman–Crippen MR) is 83.5 cm³/mol. The normalized spacial score (nSPS) is 10.5. The van der Waals surface area contributed by atoms with Crippen LogP contribution in [0.4, 0.5) is 23.3 Å². The van der Waals surface area contributed by atoms with Crippen molar-refractivity contribution < 1.29 is 4.52 Å². The SMILES string of the molecule is Cc1cc(Nc2nncc(Nc3c(C)cccc3C)n2)no1. The largest absolute Gasteiger partial charge is 0.360 e. The Morgan fingerprint density at radius 1 is 1.00 bits per heavy atom. The van der Waals surface area contributed by atoms with Crippen molar-refractivity contribution in [3.05, 3.63) is 47.3 Å². The molecule has 0 aliphatic rings. The van der Waals surface area contributed by atoms with E-state index in [-0.39, 0.29) is 0 Å². The van der Waals surface area contributed by atoms with Gasteiger partial charge in [0, 0.05) is 11.8 Å². The molecule has 0 amide bonds. The van der Waals surface area contributed by atoms with Crippen molar-refractivity contribution in [3.63, 3.8) is 0 Å². The monoisotopic (exact) mass is 296 g/mol. The molecule has 0 bridgehead atoms. The van der Waals surface area contributed by atoms with E-state index in [1.165, 1.54) is 0 Å². The maximum absolute atomic E-state index is 4.99. The van der Waals surface area contributed by atoms with Gasteiger partial charge in [0.05, 0.1) is 6.20 Å². The van der Waals surface area contributed by atoms with Gasteiger partial charge in [-0.1, -0.05) is 23.4 Å². The van der Waals surface area contributed by atoms with Crippen molar-refractivity contribution in [1.82, 2.24) is 20.3 Å². The van der Waals surface area contributed by atoms with Gasteiger partial charge in [-0.05, 0) is 31.9 Å². The first-order chi connectivity index (χ1) is 10.6. The molecule has 3 rings (SSSR count). The fourth-order valence-corrected chi connectivity index (χ4v) is 2.10. The van der Waals surface area contributed by atoms with Gasteiger partial charge in [0.15, 0.2) is 11.6 Å². The average Bonchev–Trinajstić information content (AvgIpc) is 2.89. The summed E-state index contributed by atoms with van der Waals surface area (Å²) in [6, 6.07) is 7.87. The van der Waals surface area contributed by atoms with Crippen molar-refractivity contribution in [2.45, 2.75) is 20.8 Å². The summed E-state index contributed by atoms with van der Waals surface area (Å²) in [5.74, 6) is 2.21. The second-order valence-corrected chi connectivity index (χ2v) is 5.00. The lowest BCUT2D eigenvalue weighted by molar-refractivity contribution is 0.400. The van der Waals surface area contributed by atoms with Crippen molar-refractivity contribution >= 4 is 23.3 Å². The number of hydrogen-bond donors (Lipinski definition) is 2. The van der Waals surface area contributed by atoms with Gasteiger partial charge in [0.25, 0.3) is 0 Å². The van der Waals surface area contributed by atoms with Gasteiger partial charge in [-0.15, -0.1) is 5.10 Å². The molecule has 7 heteroatoms. The number of nitrogens with one attached hydrogen (secondary N) is 2. The molecule has 2 aromatic heterocycles. The van der Waals surface area contributed by atoms with Gasteiger partial charge < -0.3 is 15.2 Å². The highest BCUT2D eigenvalue weighted by atomic mass is 16.5. The standard InChI is InChI=1S/C15H16N6O/c1-9-5-4-6-10(2)14(9)17-13-8-16-20-15(19-13)18-12-7-11(3)22-21-12/h4-8H,1-3H3,(H2,17,18,19,20,21). The molecule has 112 valence electrons. The van der Waals surface area contributed by atoms with Crippen molar-refractivity contribution in [3.8, 4) is 0 Å². The third kappa shape index (κ3) is 3.03. The lowest BCUT2D eigenvalue weighted by Gasteiger charge is -2.11. The Kier molecular flexibility index (Phi) is 3.69. The van der Waals surface area contributed by atoms with Crippen LogP contribution in [0.3, 0.4) is 0 Å². The highest BCUT2D eigenvalue weighted by Gasteiger charge is 2.07. The number of hydrogen-bond acceptors (Lipinski definition) is 7. The highest BCUT2D eigenvalue weighted by Crippen LogP contribution is 2.23. The van der Waals surface area contributed by atoms with E-state index >= 15 is 0 Å². The molecule has 0 fully saturated rings. The Bertz CT molecular complexity index is 778. The molecule has 0 aliphatic carbocycles. The van der Waals surface area contributed by atoms with Crippen LogP contribution >= 0.6 is 0 Å². The third-order valence-corrected chi connectivity index (χ3v) is 3.16. The molecule has 22 heavy (non-hydrogen) atoms. The molecule has 2 N–H and O–H groups in total. The summed E-state index contributed by atoms with van der Waals surface area (Å²) >= 11 is 0. The molecule has 0 spiro atoms. The van der Waals surface area contributed by atoms with Gasteiger partial charge in [0.2, 0.25) is 5.95 Å². The Morgan fingerprint density at radius 3 is 2.45 bits per heavy atom. The van der Waals surface area contributed by atoms with E-state index in [9.17, 15) is 0 Å². The maximum Gasteiger partial charge on any atom is 0.250 e. The lowest BCUT2D eigenvalue weighted by atomic mass is 10.1. The number of aryl methyl sites for hydroxylation is 3. The highest BCUT2D eigenvalue weighted by molar-refractivity contribution is 5.64. The van der Waals surface area contributed by atoms with Crippen molar-refractivity contribution in [2.75, 3.05) is 10.6 Å². The Balaban J connectivity index is 1.82. The first kappa shape index (κ1) is 14.0. The minimum atomic E-state index is 0.351. The predicted octanol–water partition coefficient (Wildman–Crippen LogP) is 3.27. The summed E-state index contributed by atoms with van der Waals surface area (Å²) < 4.78 is 4.99. The molecule has 0 aliphatic heterocycles. The van der Waals surface area contributed by atoms with Crippen molar-refractivity contribution in [2.24, 2.45) is 0 Å². The number of rotatable bonds is 4. The molecule has 1 aromatic carbocycles. The van der Waals surface area contributed by atoms with Crippen LogP contribution in [-0.4, -0.2) is 20.3 Å². The van der Waals surface area contributed by atoms with Crippen LogP contribution in [0.25, 0.3) is 0 Å². The summed E-state index contributed by atoms with van der Waals surface area (Å²) in [4.78, 5) is 4.38. The van der Waals surface area contributed by atoms with Crippen LogP contribution in [0.2, 0.25) is 0 Å². The molecule has 0 saturated heterocycles. The topological polar surface area (TPSA) is 88.8 Å². The second-order valence-electron chi connectivity index (χ2n) is 5.00. The molecule has 7 nitrogen and oxygen atoms in total. The number of benzene rings is 1. The van der Waals surface area contributed by atoms with Gasteiger partial charge in [-0.2, -0.15) is 10.1 Å². The second kappa shape index (κ2) is 5.80.